The van der Waals surface area contributed by atoms with Crippen LogP contribution in [0.4, 0.5) is 0 Å². The molecule has 0 aromatic rings. The summed E-state index contributed by atoms with van der Waals surface area (Å²) in [6.07, 6.45) is 47.0. The van der Waals surface area contributed by atoms with Gasteiger partial charge in [-0.25, -0.2) is 0 Å². The molecule has 6 nitrogen and oxygen atoms in total. The summed E-state index contributed by atoms with van der Waals surface area (Å²) >= 11 is 0. The zero-order chi connectivity index (χ0) is 38.7. The molecule has 0 heterocycles. The summed E-state index contributed by atoms with van der Waals surface area (Å²) in [5.41, 5.74) is 0. The molecule has 0 amide bonds. The maximum atomic E-state index is 12.7. The van der Waals surface area contributed by atoms with Gasteiger partial charge >= 0.3 is 17.9 Å². The van der Waals surface area contributed by atoms with Gasteiger partial charge in [-0.1, -0.05) is 166 Å². The van der Waals surface area contributed by atoms with Crippen molar-refractivity contribution < 1.29 is 28.6 Å². The second-order valence-electron chi connectivity index (χ2n) is 15.0. The summed E-state index contributed by atoms with van der Waals surface area (Å²) in [6, 6.07) is 0. The first-order chi connectivity index (χ1) is 26.0. The molecule has 0 fully saturated rings. The number of rotatable bonds is 40. The fraction of sp³-hybridized carbons (Fsp3) is 0.809. The highest BCUT2D eigenvalue weighted by molar-refractivity contribution is 5.71. The van der Waals surface area contributed by atoms with Gasteiger partial charge in [-0.15, -0.1) is 0 Å². The first kappa shape index (κ1) is 50.6. The van der Waals surface area contributed by atoms with Gasteiger partial charge in [0.1, 0.15) is 13.2 Å². The number of allylic oxidation sites excluding steroid dienone is 6. The van der Waals surface area contributed by atoms with E-state index in [2.05, 4.69) is 57.2 Å². The molecule has 0 rings (SSSR count). The highest BCUT2D eigenvalue weighted by atomic mass is 16.6. The van der Waals surface area contributed by atoms with E-state index < -0.39 is 6.10 Å². The molecule has 0 radical (unpaired) electrons. The summed E-state index contributed by atoms with van der Waals surface area (Å²) < 4.78 is 16.6. The van der Waals surface area contributed by atoms with E-state index in [9.17, 15) is 14.4 Å². The second kappa shape index (κ2) is 42.4. The monoisotopic (exact) mass is 745 g/mol. The first-order valence-corrected chi connectivity index (χ1v) is 22.5. The van der Waals surface area contributed by atoms with Crippen molar-refractivity contribution in [2.45, 2.75) is 232 Å². The summed E-state index contributed by atoms with van der Waals surface area (Å²) in [5.74, 6) is -0.909. The van der Waals surface area contributed by atoms with Gasteiger partial charge in [0, 0.05) is 19.3 Å². The average Bonchev–Trinajstić information content (AvgIpc) is 3.15. The van der Waals surface area contributed by atoms with Crippen molar-refractivity contribution in [3.63, 3.8) is 0 Å². The summed E-state index contributed by atoms with van der Waals surface area (Å²) in [7, 11) is 0. The lowest BCUT2D eigenvalue weighted by Gasteiger charge is -2.18. The number of carbonyl (C=O) groups is 3. The Morgan fingerprint density at radius 2 is 0.679 bits per heavy atom. The molecule has 0 bridgehead atoms. The van der Waals surface area contributed by atoms with Crippen molar-refractivity contribution in [2.75, 3.05) is 13.2 Å². The fourth-order valence-corrected chi connectivity index (χ4v) is 6.17. The number of hydrogen-bond acceptors (Lipinski definition) is 6. The molecule has 0 aliphatic rings. The minimum absolute atomic E-state index is 0.0792. The summed E-state index contributed by atoms with van der Waals surface area (Å²) in [4.78, 5) is 37.6. The minimum Gasteiger partial charge on any atom is -0.462 e. The maximum Gasteiger partial charge on any atom is 0.306 e. The van der Waals surface area contributed by atoms with E-state index in [0.29, 0.717) is 19.3 Å². The van der Waals surface area contributed by atoms with Crippen LogP contribution >= 0.6 is 0 Å². The van der Waals surface area contributed by atoms with Gasteiger partial charge in [-0.3, -0.25) is 14.4 Å². The van der Waals surface area contributed by atoms with Crippen LogP contribution in [0.5, 0.6) is 0 Å². The van der Waals surface area contributed by atoms with Crippen molar-refractivity contribution in [3.8, 4) is 0 Å². The van der Waals surface area contributed by atoms with Crippen LogP contribution in [0.3, 0.4) is 0 Å². The van der Waals surface area contributed by atoms with Crippen molar-refractivity contribution in [1.82, 2.24) is 0 Å². The molecule has 0 aliphatic heterocycles. The number of hydrogen-bond donors (Lipinski definition) is 0. The standard InChI is InChI=1S/C47H84O6/c1-4-7-10-13-16-18-20-22-23-25-26-28-31-34-37-40-46(49)52-43-44(42-51-45(48)39-36-33-30-15-12-9-6-3)53-47(50)41-38-35-32-29-27-24-21-19-17-14-11-8-5-2/h16,18-19,21-23,44H,4-15,17,20,24-43H2,1-3H3/b18-16-,21-19-,23-22-. The normalized spacial score (nSPS) is 12.3. The van der Waals surface area contributed by atoms with Gasteiger partial charge in [-0.05, 0) is 77.0 Å². The lowest BCUT2D eigenvalue weighted by atomic mass is 10.1. The van der Waals surface area contributed by atoms with E-state index in [1.54, 1.807) is 0 Å². The van der Waals surface area contributed by atoms with Crippen LogP contribution in [-0.2, 0) is 28.6 Å². The van der Waals surface area contributed by atoms with Crippen LogP contribution in [0.2, 0.25) is 0 Å². The van der Waals surface area contributed by atoms with Gasteiger partial charge < -0.3 is 14.2 Å². The Balaban J connectivity index is 4.34. The molecule has 0 saturated heterocycles. The Morgan fingerprint density at radius 1 is 0.377 bits per heavy atom. The Kier molecular flexibility index (Phi) is 40.5. The average molecular weight is 745 g/mol. The van der Waals surface area contributed by atoms with Gasteiger partial charge in [0.05, 0.1) is 0 Å². The van der Waals surface area contributed by atoms with Crippen LogP contribution < -0.4 is 0 Å². The number of unbranched alkanes of at least 4 members (excludes halogenated alkanes) is 23. The largest absolute Gasteiger partial charge is 0.462 e. The van der Waals surface area contributed by atoms with Gasteiger partial charge in [0.15, 0.2) is 6.10 Å². The van der Waals surface area contributed by atoms with Crippen LogP contribution in [0.1, 0.15) is 226 Å². The van der Waals surface area contributed by atoms with Crippen LogP contribution in [0, 0.1) is 0 Å². The highest BCUT2D eigenvalue weighted by Crippen LogP contribution is 2.13. The van der Waals surface area contributed by atoms with Gasteiger partial charge in [0.2, 0.25) is 0 Å². The zero-order valence-electron chi connectivity index (χ0n) is 35.0. The molecule has 1 atom stereocenters. The molecule has 308 valence electrons. The first-order valence-electron chi connectivity index (χ1n) is 22.5. The predicted molar refractivity (Wildman–Crippen MR) is 224 cm³/mol. The molecule has 6 heteroatoms. The van der Waals surface area contributed by atoms with Gasteiger partial charge in [0.25, 0.3) is 0 Å². The van der Waals surface area contributed by atoms with Crippen molar-refractivity contribution in [2.24, 2.45) is 0 Å². The van der Waals surface area contributed by atoms with E-state index in [1.165, 1.54) is 96.3 Å². The van der Waals surface area contributed by atoms with Crippen LogP contribution in [-0.4, -0.2) is 37.2 Å². The molecule has 53 heavy (non-hydrogen) atoms. The molecular formula is C47H84O6. The predicted octanol–water partition coefficient (Wildman–Crippen LogP) is 14.2. The van der Waals surface area contributed by atoms with Crippen LogP contribution in [0.15, 0.2) is 36.5 Å². The lowest BCUT2D eigenvalue weighted by molar-refractivity contribution is -0.167. The van der Waals surface area contributed by atoms with E-state index in [1.807, 2.05) is 0 Å². The quantitative estimate of drug-likeness (QED) is 0.0269. The number of ether oxygens (including phenoxy) is 3. The molecule has 0 aromatic carbocycles. The van der Waals surface area contributed by atoms with Crippen molar-refractivity contribution in [3.05, 3.63) is 36.5 Å². The van der Waals surface area contributed by atoms with Crippen LogP contribution in [0.25, 0.3) is 0 Å². The Labute approximate surface area is 327 Å². The third kappa shape index (κ3) is 40.6. The summed E-state index contributed by atoms with van der Waals surface area (Å²) in [5, 5.41) is 0. The maximum absolute atomic E-state index is 12.7. The van der Waals surface area contributed by atoms with Gasteiger partial charge in [-0.2, -0.15) is 0 Å². The van der Waals surface area contributed by atoms with E-state index in [0.717, 1.165) is 89.9 Å². The smallest absolute Gasteiger partial charge is 0.306 e. The van der Waals surface area contributed by atoms with E-state index in [-0.39, 0.29) is 31.1 Å². The number of carbonyl (C=O) groups excluding carboxylic acids is 3. The highest BCUT2D eigenvalue weighted by Gasteiger charge is 2.19. The third-order valence-corrected chi connectivity index (χ3v) is 9.62. The Morgan fingerprint density at radius 3 is 1.11 bits per heavy atom. The Hall–Kier alpha value is -2.37. The molecule has 0 spiro atoms. The third-order valence-electron chi connectivity index (χ3n) is 9.62. The van der Waals surface area contributed by atoms with E-state index >= 15 is 0 Å². The SMILES string of the molecule is CCCCC/C=C\C/C=C\CCCCCCCC(=O)OCC(COC(=O)CCCCCCCCC)OC(=O)CCCCCCC/C=C\CCCCCC. The topological polar surface area (TPSA) is 78.9 Å². The molecule has 0 aliphatic carbocycles. The van der Waals surface area contributed by atoms with E-state index in [4.69, 9.17) is 14.2 Å². The minimum atomic E-state index is -0.775. The number of esters is 3. The zero-order valence-corrected chi connectivity index (χ0v) is 35.0. The lowest BCUT2D eigenvalue weighted by Crippen LogP contribution is -2.30. The van der Waals surface area contributed by atoms with Crippen molar-refractivity contribution >= 4 is 17.9 Å². The fourth-order valence-electron chi connectivity index (χ4n) is 6.17. The summed E-state index contributed by atoms with van der Waals surface area (Å²) in [6.45, 7) is 6.52. The Bertz CT molecular complexity index is 907. The second-order valence-corrected chi connectivity index (χ2v) is 15.0. The molecule has 0 saturated carbocycles. The van der Waals surface area contributed by atoms with Crippen molar-refractivity contribution in [1.29, 1.82) is 0 Å². The molecule has 0 aromatic heterocycles. The molecular weight excluding hydrogens is 661 g/mol. The molecule has 0 N–H and O–H groups in total. The molecule has 1 unspecified atom stereocenters.